The van der Waals surface area contributed by atoms with E-state index < -0.39 is 9.84 Å². The van der Waals surface area contributed by atoms with Crippen LogP contribution in [0.1, 0.15) is 50.4 Å². The number of rotatable bonds is 9. The first-order valence-corrected chi connectivity index (χ1v) is 12.3. The minimum atomic E-state index is -3.33. The van der Waals surface area contributed by atoms with Gasteiger partial charge in [0.25, 0.3) is 0 Å². The highest BCUT2D eigenvalue weighted by atomic mass is 32.2. The van der Waals surface area contributed by atoms with Crippen LogP contribution in [0.4, 0.5) is 5.69 Å². The number of aryl methyl sites for hydroxylation is 1. The summed E-state index contributed by atoms with van der Waals surface area (Å²) in [4.78, 5) is 12.7. The lowest BCUT2D eigenvalue weighted by Gasteiger charge is -2.23. The molecule has 0 aromatic heterocycles. The third-order valence-electron chi connectivity index (χ3n) is 5.04. The first-order valence-electron chi connectivity index (χ1n) is 10.4. The Hall–Kier alpha value is -2.18. The average Bonchev–Trinajstić information content (AvgIpc) is 2.63. The summed E-state index contributed by atoms with van der Waals surface area (Å²) in [5.74, 6) is 0.720. The van der Waals surface area contributed by atoms with Crippen molar-refractivity contribution in [3.8, 4) is 0 Å². The Balaban J connectivity index is 2.06. The molecule has 0 aliphatic carbocycles. The Morgan fingerprint density at radius 3 is 2.17 bits per heavy atom. The predicted molar refractivity (Wildman–Crippen MR) is 123 cm³/mol. The maximum absolute atomic E-state index is 12.5. The zero-order valence-electron chi connectivity index (χ0n) is 18.8. The van der Waals surface area contributed by atoms with Gasteiger partial charge in [0.1, 0.15) is 0 Å². The number of hydrogen-bond donors (Lipinski definition) is 2. The smallest absolute Gasteiger partial charge is 0.238 e. The van der Waals surface area contributed by atoms with E-state index >= 15 is 0 Å². The molecule has 0 aliphatic heterocycles. The van der Waals surface area contributed by atoms with E-state index in [1.807, 2.05) is 6.92 Å². The molecule has 2 N–H and O–H groups in total. The second kappa shape index (κ2) is 10.2. The van der Waals surface area contributed by atoms with Crippen molar-refractivity contribution in [1.82, 2.24) is 5.32 Å². The molecular formula is C24H34N2O3S. The first-order chi connectivity index (χ1) is 14.0. The van der Waals surface area contributed by atoms with Gasteiger partial charge in [-0.05, 0) is 54.0 Å². The molecule has 2 rings (SSSR count). The van der Waals surface area contributed by atoms with Crippen LogP contribution in [0.3, 0.4) is 0 Å². The molecule has 0 unspecified atom stereocenters. The zero-order valence-corrected chi connectivity index (χ0v) is 19.6. The molecule has 6 heteroatoms. The summed E-state index contributed by atoms with van der Waals surface area (Å²) in [6, 6.07) is 13.4. The Morgan fingerprint density at radius 2 is 1.63 bits per heavy atom. The van der Waals surface area contributed by atoms with Crippen LogP contribution in [0.5, 0.6) is 0 Å². The van der Waals surface area contributed by atoms with E-state index in [9.17, 15) is 13.2 Å². The second-order valence-corrected chi connectivity index (χ2v) is 10.8. The van der Waals surface area contributed by atoms with Crippen LogP contribution in [0.15, 0.2) is 47.4 Å². The number of hydrogen-bond acceptors (Lipinski definition) is 4. The number of amides is 1. The van der Waals surface area contributed by atoms with E-state index in [2.05, 4.69) is 62.6 Å². The maximum Gasteiger partial charge on any atom is 0.238 e. The van der Waals surface area contributed by atoms with E-state index in [1.165, 1.54) is 11.6 Å². The van der Waals surface area contributed by atoms with Gasteiger partial charge in [0, 0.05) is 18.0 Å². The third-order valence-corrected chi connectivity index (χ3v) is 6.15. The van der Waals surface area contributed by atoms with Gasteiger partial charge in [0.15, 0.2) is 9.84 Å². The van der Waals surface area contributed by atoms with Crippen LogP contribution in [-0.4, -0.2) is 27.1 Å². The van der Waals surface area contributed by atoms with Crippen LogP contribution < -0.4 is 10.6 Å². The van der Waals surface area contributed by atoms with Gasteiger partial charge in [-0.3, -0.25) is 4.79 Å². The monoisotopic (exact) mass is 430 g/mol. The fourth-order valence-corrected chi connectivity index (χ4v) is 4.08. The van der Waals surface area contributed by atoms with Crippen LogP contribution in [0, 0.1) is 18.8 Å². The molecule has 0 bridgehead atoms. The lowest BCUT2D eigenvalue weighted by Crippen LogP contribution is -2.33. The van der Waals surface area contributed by atoms with Gasteiger partial charge in [-0.2, -0.15) is 0 Å². The van der Waals surface area contributed by atoms with Crippen molar-refractivity contribution in [3.63, 3.8) is 0 Å². The maximum atomic E-state index is 12.5. The lowest BCUT2D eigenvalue weighted by molar-refractivity contribution is -0.115. The van der Waals surface area contributed by atoms with Gasteiger partial charge >= 0.3 is 0 Å². The third kappa shape index (κ3) is 6.96. The van der Waals surface area contributed by atoms with Crippen LogP contribution in [0.25, 0.3) is 0 Å². The number of sulfone groups is 1. The quantitative estimate of drug-likeness (QED) is 0.613. The summed E-state index contributed by atoms with van der Waals surface area (Å²) in [7, 11) is -3.33. The van der Waals surface area contributed by atoms with Crippen molar-refractivity contribution in [2.45, 2.75) is 52.0 Å². The molecular weight excluding hydrogens is 396 g/mol. The predicted octanol–water partition coefficient (Wildman–Crippen LogP) is 4.52. The zero-order chi connectivity index (χ0) is 22.5. The number of benzene rings is 2. The Kier molecular flexibility index (Phi) is 8.21. The minimum absolute atomic E-state index is 0.0484. The molecule has 0 aliphatic rings. The van der Waals surface area contributed by atoms with Gasteiger partial charge in [-0.25, -0.2) is 8.42 Å². The molecule has 0 radical (unpaired) electrons. The molecule has 0 spiro atoms. The molecule has 30 heavy (non-hydrogen) atoms. The summed E-state index contributed by atoms with van der Waals surface area (Å²) in [6.07, 6.45) is 2.21. The topological polar surface area (TPSA) is 75.3 Å². The molecule has 2 aromatic rings. The normalized spacial score (nSPS) is 12.9. The minimum Gasteiger partial charge on any atom is -0.325 e. The second-order valence-electron chi connectivity index (χ2n) is 8.74. The molecule has 0 fully saturated rings. The SMILES string of the molecule is Cc1ccc(S(C)(=O)=O)cc1NC(=O)CN[C@@H](c1ccc(CC(C)C)cc1)C(C)C. The van der Waals surface area contributed by atoms with E-state index in [4.69, 9.17) is 0 Å². The fourth-order valence-electron chi connectivity index (χ4n) is 3.43. The van der Waals surface area contributed by atoms with Crippen molar-refractivity contribution < 1.29 is 13.2 Å². The molecule has 0 saturated heterocycles. The van der Waals surface area contributed by atoms with E-state index in [-0.39, 0.29) is 23.4 Å². The molecule has 1 amide bonds. The van der Waals surface area contributed by atoms with Crippen LogP contribution in [0.2, 0.25) is 0 Å². The largest absolute Gasteiger partial charge is 0.325 e. The van der Waals surface area contributed by atoms with Crippen molar-refractivity contribution in [1.29, 1.82) is 0 Å². The lowest BCUT2D eigenvalue weighted by atomic mass is 9.93. The van der Waals surface area contributed by atoms with Crippen molar-refractivity contribution in [2.75, 3.05) is 18.1 Å². The van der Waals surface area contributed by atoms with Crippen molar-refractivity contribution in [3.05, 3.63) is 59.2 Å². The van der Waals surface area contributed by atoms with Crippen LogP contribution in [-0.2, 0) is 21.1 Å². The van der Waals surface area contributed by atoms with Crippen molar-refractivity contribution in [2.24, 2.45) is 11.8 Å². The van der Waals surface area contributed by atoms with Crippen molar-refractivity contribution >= 4 is 21.4 Å². The van der Waals surface area contributed by atoms with Gasteiger partial charge in [0.2, 0.25) is 5.91 Å². The summed E-state index contributed by atoms with van der Waals surface area (Å²) >= 11 is 0. The average molecular weight is 431 g/mol. The summed E-state index contributed by atoms with van der Waals surface area (Å²) < 4.78 is 23.6. The fraction of sp³-hybridized carbons (Fsp3) is 0.458. The van der Waals surface area contributed by atoms with E-state index in [0.29, 0.717) is 17.5 Å². The standard InChI is InChI=1S/C24H34N2O3S/c1-16(2)13-19-8-10-20(11-9-19)24(17(3)4)25-15-23(27)26-22-14-21(30(6,28)29)12-7-18(22)5/h7-12,14,16-17,24-25H,13,15H2,1-6H3,(H,26,27)/t24-/m1/s1. The molecule has 2 aromatic carbocycles. The number of nitrogens with one attached hydrogen (secondary N) is 2. The molecule has 0 heterocycles. The molecule has 1 atom stereocenters. The molecule has 164 valence electrons. The number of carbonyl (C=O) groups is 1. The van der Waals surface area contributed by atoms with Gasteiger partial charge in [-0.15, -0.1) is 0 Å². The van der Waals surface area contributed by atoms with Gasteiger partial charge < -0.3 is 10.6 Å². The Morgan fingerprint density at radius 1 is 1.00 bits per heavy atom. The highest BCUT2D eigenvalue weighted by Gasteiger charge is 2.17. The summed E-state index contributed by atoms with van der Waals surface area (Å²) in [5.41, 5.74) is 3.80. The van der Waals surface area contributed by atoms with Gasteiger partial charge in [0.05, 0.1) is 11.4 Å². The summed E-state index contributed by atoms with van der Waals surface area (Å²) in [6.45, 7) is 10.6. The molecule has 5 nitrogen and oxygen atoms in total. The first kappa shape index (κ1) is 24.1. The molecule has 0 saturated carbocycles. The van der Waals surface area contributed by atoms with Gasteiger partial charge in [-0.1, -0.05) is 58.0 Å². The van der Waals surface area contributed by atoms with E-state index in [0.717, 1.165) is 23.8 Å². The highest BCUT2D eigenvalue weighted by Crippen LogP contribution is 2.23. The number of anilines is 1. The highest BCUT2D eigenvalue weighted by molar-refractivity contribution is 7.90. The Bertz CT molecular complexity index is 964. The number of carbonyl (C=O) groups excluding carboxylic acids is 1. The van der Waals surface area contributed by atoms with E-state index in [1.54, 1.807) is 12.1 Å². The Labute approximate surface area is 181 Å². The summed E-state index contributed by atoms with van der Waals surface area (Å²) in [5, 5.41) is 6.18. The van der Waals surface area contributed by atoms with Crippen LogP contribution >= 0.6 is 0 Å².